The Morgan fingerprint density at radius 1 is 1.39 bits per heavy atom. The summed E-state index contributed by atoms with van der Waals surface area (Å²) in [6.45, 7) is 1.66. The van der Waals surface area contributed by atoms with Crippen LogP contribution in [-0.2, 0) is 20.4 Å². The fraction of sp³-hybridized carbons (Fsp3) is 0.364. The number of rotatable bonds is 5. The summed E-state index contributed by atoms with van der Waals surface area (Å²) in [5.74, 6) is -0.338. The molecule has 1 amide bonds. The topological polar surface area (TPSA) is 72.5 Å². The third kappa shape index (κ3) is 6.46. The molecule has 1 atom stereocenters. The van der Waals surface area contributed by atoms with Gasteiger partial charge in [-0.05, 0) is 12.5 Å². The molecular weight excluding hydrogens is 278 g/mol. The van der Waals surface area contributed by atoms with Crippen LogP contribution in [0.5, 0.6) is 0 Å². The van der Waals surface area contributed by atoms with Gasteiger partial charge in [-0.1, -0.05) is 30.3 Å². The number of carbonyl (C=O) groups is 1. The van der Waals surface area contributed by atoms with Crippen LogP contribution < -0.4 is 5.32 Å². The summed E-state index contributed by atoms with van der Waals surface area (Å²) in [6.07, 6.45) is -0.674. The number of nitrogens with one attached hydrogen (secondary N) is 1. The molecular formula is C11H14ClNO4S. The van der Waals surface area contributed by atoms with Crippen LogP contribution in [-0.4, -0.2) is 26.3 Å². The van der Waals surface area contributed by atoms with Crippen LogP contribution in [0.3, 0.4) is 0 Å². The van der Waals surface area contributed by atoms with Gasteiger partial charge < -0.3 is 10.1 Å². The second-order valence-corrected chi connectivity index (χ2v) is 6.63. The van der Waals surface area contributed by atoms with Crippen molar-refractivity contribution in [2.45, 2.75) is 19.6 Å². The molecule has 18 heavy (non-hydrogen) atoms. The highest BCUT2D eigenvalue weighted by molar-refractivity contribution is 8.13. The van der Waals surface area contributed by atoms with E-state index in [4.69, 9.17) is 15.4 Å². The fourth-order valence-corrected chi connectivity index (χ4v) is 2.55. The highest BCUT2D eigenvalue weighted by Gasteiger charge is 2.15. The minimum atomic E-state index is -3.63. The average molecular weight is 292 g/mol. The van der Waals surface area contributed by atoms with E-state index in [9.17, 15) is 13.2 Å². The highest BCUT2D eigenvalue weighted by atomic mass is 35.7. The van der Waals surface area contributed by atoms with Crippen molar-refractivity contribution in [1.82, 2.24) is 5.32 Å². The van der Waals surface area contributed by atoms with E-state index in [1.165, 1.54) is 6.92 Å². The van der Waals surface area contributed by atoms with Gasteiger partial charge in [-0.15, -0.1) is 0 Å². The van der Waals surface area contributed by atoms with Crippen LogP contribution in [0, 0.1) is 0 Å². The van der Waals surface area contributed by atoms with E-state index in [2.05, 4.69) is 5.32 Å². The predicted octanol–water partition coefficient (Wildman–Crippen LogP) is 1.87. The molecule has 1 aromatic carbocycles. The van der Waals surface area contributed by atoms with Crippen molar-refractivity contribution in [2.75, 3.05) is 5.75 Å². The van der Waals surface area contributed by atoms with Crippen molar-refractivity contribution in [2.24, 2.45) is 0 Å². The predicted molar refractivity (Wildman–Crippen MR) is 68.9 cm³/mol. The summed E-state index contributed by atoms with van der Waals surface area (Å²) in [6, 6.07) is 8.56. The molecule has 0 bridgehead atoms. The zero-order valence-corrected chi connectivity index (χ0v) is 11.4. The molecule has 0 saturated heterocycles. The van der Waals surface area contributed by atoms with Crippen LogP contribution in [0.4, 0.5) is 4.79 Å². The van der Waals surface area contributed by atoms with Crippen LogP contribution in [0.2, 0.25) is 0 Å². The van der Waals surface area contributed by atoms with Gasteiger partial charge in [0.1, 0.15) is 6.61 Å². The SMILES string of the molecule is C[C@H](CS(=O)(=O)Cl)NC(=O)OCc1ccccc1. The van der Waals surface area contributed by atoms with Crippen LogP contribution >= 0.6 is 10.7 Å². The zero-order chi connectivity index (χ0) is 13.6. The fourth-order valence-electron chi connectivity index (χ4n) is 1.31. The van der Waals surface area contributed by atoms with Crippen LogP contribution in [0.25, 0.3) is 0 Å². The Kier molecular flexibility index (Phi) is 5.43. The van der Waals surface area contributed by atoms with Gasteiger partial charge >= 0.3 is 6.09 Å². The second kappa shape index (κ2) is 6.61. The Hall–Kier alpha value is -1.27. The van der Waals surface area contributed by atoms with Crippen molar-refractivity contribution in [1.29, 1.82) is 0 Å². The summed E-state index contributed by atoms with van der Waals surface area (Å²) in [5, 5.41) is 2.38. The standard InChI is InChI=1S/C11H14ClNO4S/c1-9(8-18(12,15)16)13-11(14)17-7-10-5-3-2-4-6-10/h2-6,9H,7-8H2,1H3,(H,13,14)/t9-/m1/s1. The first kappa shape index (κ1) is 14.8. The second-order valence-electron chi connectivity index (χ2n) is 3.81. The molecule has 0 radical (unpaired) electrons. The first-order valence-corrected chi connectivity index (χ1v) is 7.74. The molecule has 0 fully saturated rings. The lowest BCUT2D eigenvalue weighted by atomic mass is 10.2. The van der Waals surface area contributed by atoms with E-state index in [1.807, 2.05) is 30.3 Å². The maximum absolute atomic E-state index is 11.3. The number of halogens is 1. The van der Waals surface area contributed by atoms with Crippen LogP contribution in [0.15, 0.2) is 30.3 Å². The number of amides is 1. The van der Waals surface area contributed by atoms with Crippen LogP contribution in [0.1, 0.15) is 12.5 Å². The van der Waals surface area contributed by atoms with E-state index < -0.39 is 21.2 Å². The summed E-state index contributed by atoms with van der Waals surface area (Å²) >= 11 is 0. The van der Waals surface area contributed by atoms with E-state index in [1.54, 1.807) is 0 Å². The van der Waals surface area contributed by atoms with Gasteiger partial charge in [-0.2, -0.15) is 0 Å². The lowest BCUT2D eigenvalue weighted by Crippen LogP contribution is -2.36. The molecule has 0 unspecified atom stereocenters. The summed E-state index contributed by atoms with van der Waals surface area (Å²) in [5.41, 5.74) is 0.852. The quantitative estimate of drug-likeness (QED) is 0.841. The Balaban J connectivity index is 2.34. The average Bonchev–Trinajstić information content (AvgIpc) is 2.25. The molecule has 0 aromatic heterocycles. The Bertz CT molecular complexity index is 489. The number of hydrogen-bond acceptors (Lipinski definition) is 4. The molecule has 1 aromatic rings. The van der Waals surface area contributed by atoms with E-state index in [0.29, 0.717) is 0 Å². The Labute approximate surface area is 111 Å². The minimum Gasteiger partial charge on any atom is -0.445 e. The molecule has 0 aliphatic rings. The number of ether oxygens (including phenoxy) is 1. The Morgan fingerprint density at radius 3 is 2.56 bits per heavy atom. The molecule has 0 saturated carbocycles. The third-order valence-electron chi connectivity index (χ3n) is 2.03. The zero-order valence-electron chi connectivity index (χ0n) is 9.80. The lowest BCUT2D eigenvalue weighted by Gasteiger charge is -2.12. The Morgan fingerprint density at radius 2 is 2.00 bits per heavy atom. The first-order valence-electron chi connectivity index (χ1n) is 5.26. The van der Waals surface area contributed by atoms with Crippen molar-refractivity contribution >= 4 is 25.8 Å². The van der Waals surface area contributed by atoms with Gasteiger partial charge in [0, 0.05) is 16.7 Å². The van der Waals surface area contributed by atoms with Gasteiger partial charge in [0.2, 0.25) is 9.05 Å². The molecule has 0 aliphatic carbocycles. The maximum Gasteiger partial charge on any atom is 0.407 e. The summed E-state index contributed by atoms with van der Waals surface area (Å²) in [7, 11) is 1.43. The van der Waals surface area contributed by atoms with E-state index in [0.717, 1.165) is 5.56 Å². The van der Waals surface area contributed by atoms with Crippen molar-refractivity contribution < 1.29 is 17.9 Å². The summed E-state index contributed by atoms with van der Waals surface area (Å²) < 4.78 is 26.5. The number of carbonyl (C=O) groups excluding carboxylic acids is 1. The van der Waals surface area contributed by atoms with Crippen molar-refractivity contribution in [3.8, 4) is 0 Å². The number of benzene rings is 1. The largest absolute Gasteiger partial charge is 0.445 e. The molecule has 0 aliphatic heterocycles. The molecule has 0 heterocycles. The van der Waals surface area contributed by atoms with Gasteiger partial charge in [-0.25, -0.2) is 13.2 Å². The maximum atomic E-state index is 11.3. The van der Waals surface area contributed by atoms with Crippen molar-refractivity contribution in [3.05, 3.63) is 35.9 Å². The monoisotopic (exact) mass is 291 g/mol. The lowest BCUT2D eigenvalue weighted by molar-refractivity contribution is 0.137. The molecule has 5 nitrogen and oxygen atoms in total. The smallest absolute Gasteiger partial charge is 0.407 e. The van der Waals surface area contributed by atoms with Gasteiger partial charge in [0.25, 0.3) is 0 Å². The van der Waals surface area contributed by atoms with E-state index in [-0.39, 0.29) is 12.4 Å². The highest BCUT2D eigenvalue weighted by Crippen LogP contribution is 2.02. The van der Waals surface area contributed by atoms with Crippen molar-refractivity contribution in [3.63, 3.8) is 0 Å². The summed E-state index contributed by atoms with van der Waals surface area (Å²) in [4.78, 5) is 11.3. The first-order chi connectivity index (χ1) is 8.37. The molecule has 0 spiro atoms. The minimum absolute atomic E-state index is 0.132. The van der Waals surface area contributed by atoms with Gasteiger partial charge in [0.05, 0.1) is 5.75 Å². The normalized spacial score (nSPS) is 12.8. The molecule has 7 heteroatoms. The number of alkyl carbamates (subject to hydrolysis) is 1. The molecule has 1 N–H and O–H groups in total. The van der Waals surface area contributed by atoms with E-state index >= 15 is 0 Å². The third-order valence-corrected chi connectivity index (χ3v) is 3.30. The van der Waals surface area contributed by atoms with Gasteiger partial charge in [-0.3, -0.25) is 0 Å². The number of hydrogen-bond donors (Lipinski definition) is 1. The van der Waals surface area contributed by atoms with Gasteiger partial charge in [0.15, 0.2) is 0 Å². The molecule has 1 rings (SSSR count). The molecule has 100 valence electrons.